The van der Waals surface area contributed by atoms with Crippen LogP contribution in [-0.4, -0.2) is 18.4 Å². The molecule has 0 bridgehead atoms. The van der Waals surface area contributed by atoms with E-state index in [4.69, 9.17) is 23.2 Å². The molecular formula is C18H18Cl2N2O2. The highest BCUT2D eigenvalue weighted by Crippen LogP contribution is 2.29. The number of nitrogens with one attached hydrogen (secondary N) is 1. The third-order valence-corrected chi connectivity index (χ3v) is 4.08. The second-order valence-electron chi connectivity index (χ2n) is 5.30. The molecule has 0 saturated carbocycles. The number of nitrogens with zero attached hydrogens (tertiary/aromatic N) is 1. The van der Waals surface area contributed by atoms with E-state index in [1.165, 1.54) is 17.4 Å². The van der Waals surface area contributed by atoms with Gasteiger partial charge < -0.3 is 10.2 Å². The molecule has 2 rings (SSSR count). The molecule has 0 spiro atoms. The van der Waals surface area contributed by atoms with E-state index in [0.717, 1.165) is 6.42 Å². The lowest BCUT2D eigenvalue weighted by atomic mass is 10.1. The van der Waals surface area contributed by atoms with Crippen molar-refractivity contribution in [1.29, 1.82) is 0 Å². The van der Waals surface area contributed by atoms with Crippen molar-refractivity contribution < 1.29 is 9.59 Å². The molecule has 24 heavy (non-hydrogen) atoms. The van der Waals surface area contributed by atoms with Gasteiger partial charge in [-0.25, -0.2) is 0 Å². The Morgan fingerprint density at radius 3 is 2.33 bits per heavy atom. The van der Waals surface area contributed by atoms with E-state index in [-0.39, 0.29) is 18.4 Å². The number of hydrogen-bond acceptors (Lipinski definition) is 2. The molecule has 1 N–H and O–H groups in total. The highest BCUT2D eigenvalue weighted by Gasteiger charge is 2.19. The van der Waals surface area contributed by atoms with Crippen LogP contribution in [0.15, 0.2) is 42.5 Å². The van der Waals surface area contributed by atoms with Gasteiger partial charge in [-0.2, -0.15) is 0 Å². The number of carbonyl (C=O) groups excluding carboxylic acids is 2. The standard InChI is InChI=1S/C18H18Cl2N2O2/c1-3-13-4-7-15(8-5-13)21-18(24)11-22(12(2)23)17-10-14(19)6-9-16(17)20/h4-10H,3,11H2,1-2H3,(H,21,24). The second-order valence-corrected chi connectivity index (χ2v) is 6.14. The minimum atomic E-state index is -0.314. The molecule has 2 aromatic carbocycles. The number of hydrogen-bond donors (Lipinski definition) is 1. The van der Waals surface area contributed by atoms with Crippen molar-refractivity contribution >= 4 is 46.4 Å². The summed E-state index contributed by atoms with van der Waals surface area (Å²) in [7, 11) is 0. The van der Waals surface area contributed by atoms with E-state index in [9.17, 15) is 9.59 Å². The molecule has 0 heterocycles. The van der Waals surface area contributed by atoms with Crippen LogP contribution in [-0.2, 0) is 16.0 Å². The summed E-state index contributed by atoms with van der Waals surface area (Å²) >= 11 is 12.1. The van der Waals surface area contributed by atoms with Crippen LogP contribution in [0, 0.1) is 0 Å². The zero-order chi connectivity index (χ0) is 17.7. The lowest BCUT2D eigenvalue weighted by molar-refractivity contribution is -0.120. The van der Waals surface area contributed by atoms with Gasteiger partial charge in [-0.3, -0.25) is 9.59 Å². The molecule has 0 unspecified atom stereocenters. The lowest BCUT2D eigenvalue weighted by Gasteiger charge is -2.22. The molecule has 4 nitrogen and oxygen atoms in total. The zero-order valence-corrected chi connectivity index (χ0v) is 15.0. The van der Waals surface area contributed by atoms with Gasteiger partial charge in [0.25, 0.3) is 0 Å². The smallest absolute Gasteiger partial charge is 0.244 e. The van der Waals surface area contributed by atoms with Gasteiger partial charge in [0.15, 0.2) is 0 Å². The Hall–Kier alpha value is -2.04. The normalized spacial score (nSPS) is 10.3. The van der Waals surface area contributed by atoms with Crippen molar-refractivity contribution in [2.75, 3.05) is 16.8 Å². The Morgan fingerprint density at radius 1 is 1.08 bits per heavy atom. The van der Waals surface area contributed by atoms with Gasteiger partial charge in [0.1, 0.15) is 6.54 Å². The van der Waals surface area contributed by atoms with E-state index in [0.29, 0.717) is 21.4 Å². The quantitative estimate of drug-likeness (QED) is 0.845. The number of carbonyl (C=O) groups is 2. The Kier molecular flexibility index (Phi) is 6.23. The molecule has 0 aromatic heterocycles. The van der Waals surface area contributed by atoms with Crippen molar-refractivity contribution in [2.45, 2.75) is 20.3 Å². The maximum atomic E-state index is 12.3. The minimum absolute atomic E-state index is 0.148. The molecule has 2 aromatic rings. The number of aryl methyl sites for hydroxylation is 1. The van der Waals surface area contributed by atoms with Crippen molar-refractivity contribution in [2.24, 2.45) is 0 Å². The van der Waals surface area contributed by atoms with Gasteiger partial charge >= 0.3 is 0 Å². The molecule has 0 fully saturated rings. The van der Waals surface area contributed by atoms with Crippen LogP contribution < -0.4 is 10.2 Å². The minimum Gasteiger partial charge on any atom is -0.325 e. The fourth-order valence-electron chi connectivity index (χ4n) is 2.23. The lowest BCUT2D eigenvalue weighted by Crippen LogP contribution is -2.36. The van der Waals surface area contributed by atoms with Crippen molar-refractivity contribution in [3.05, 3.63) is 58.1 Å². The third kappa shape index (κ3) is 4.73. The third-order valence-electron chi connectivity index (χ3n) is 3.53. The summed E-state index contributed by atoms with van der Waals surface area (Å²) in [5.41, 5.74) is 2.27. The van der Waals surface area contributed by atoms with Crippen LogP contribution in [0.4, 0.5) is 11.4 Å². The largest absolute Gasteiger partial charge is 0.325 e. The fraction of sp³-hybridized carbons (Fsp3) is 0.222. The Bertz CT molecular complexity index is 745. The topological polar surface area (TPSA) is 49.4 Å². The Morgan fingerprint density at radius 2 is 1.75 bits per heavy atom. The van der Waals surface area contributed by atoms with Gasteiger partial charge in [-0.1, -0.05) is 42.3 Å². The second kappa shape index (κ2) is 8.18. The van der Waals surface area contributed by atoms with Gasteiger partial charge in [-0.15, -0.1) is 0 Å². The van der Waals surface area contributed by atoms with Gasteiger partial charge in [-0.05, 0) is 42.3 Å². The van der Waals surface area contributed by atoms with Crippen molar-refractivity contribution in [1.82, 2.24) is 0 Å². The van der Waals surface area contributed by atoms with Crippen LogP contribution in [0.1, 0.15) is 19.4 Å². The number of amides is 2. The van der Waals surface area contributed by atoms with E-state index < -0.39 is 0 Å². The summed E-state index contributed by atoms with van der Waals surface area (Å²) in [6, 6.07) is 12.4. The molecule has 2 amide bonds. The molecule has 6 heteroatoms. The van der Waals surface area contributed by atoms with E-state index in [2.05, 4.69) is 12.2 Å². The van der Waals surface area contributed by atoms with Crippen LogP contribution in [0.5, 0.6) is 0 Å². The molecule has 126 valence electrons. The fourth-order valence-corrected chi connectivity index (χ4v) is 2.61. The molecule has 0 aliphatic rings. The summed E-state index contributed by atoms with van der Waals surface area (Å²) < 4.78 is 0. The van der Waals surface area contributed by atoms with Crippen LogP contribution in [0.25, 0.3) is 0 Å². The summed E-state index contributed by atoms with van der Waals surface area (Å²) in [5, 5.41) is 3.57. The highest BCUT2D eigenvalue weighted by atomic mass is 35.5. The molecular weight excluding hydrogens is 347 g/mol. The Labute approximate surface area is 151 Å². The van der Waals surface area contributed by atoms with Crippen molar-refractivity contribution in [3.63, 3.8) is 0 Å². The average Bonchev–Trinajstić information content (AvgIpc) is 2.55. The van der Waals surface area contributed by atoms with Crippen molar-refractivity contribution in [3.8, 4) is 0 Å². The molecule has 0 aliphatic carbocycles. The first kappa shape index (κ1) is 18.3. The highest BCUT2D eigenvalue weighted by molar-refractivity contribution is 6.35. The van der Waals surface area contributed by atoms with Gasteiger partial charge in [0, 0.05) is 17.6 Å². The number of rotatable bonds is 5. The number of halogens is 2. The van der Waals surface area contributed by atoms with Crippen LogP contribution in [0.3, 0.4) is 0 Å². The van der Waals surface area contributed by atoms with Gasteiger partial charge in [0.05, 0.1) is 10.7 Å². The first-order valence-electron chi connectivity index (χ1n) is 7.52. The predicted molar refractivity (Wildman–Crippen MR) is 98.9 cm³/mol. The van der Waals surface area contributed by atoms with E-state index in [1.54, 1.807) is 18.2 Å². The van der Waals surface area contributed by atoms with E-state index in [1.807, 2.05) is 24.3 Å². The number of benzene rings is 2. The maximum absolute atomic E-state index is 12.3. The molecule has 0 saturated heterocycles. The maximum Gasteiger partial charge on any atom is 0.244 e. The molecule has 0 radical (unpaired) electrons. The SMILES string of the molecule is CCc1ccc(NC(=O)CN(C(C)=O)c2cc(Cl)ccc2Cl)cc1. The summed E-state index contributed by atoms with van der Waals surface area (Å²) in [6.07, 6.45) is 0.930. The number of anilines is 2. The Balaban J connectivity index is 2.13. The summed E-state index contributed by atoms with van der Waals surface area (Å²) in [6.45, 7) is 3.29. The van der Waals surface area contributed by atoms with Crippen LogP contribution >= 0.6 is 23.2 Å². The summed E-state index contributed by atoms with van der Waals surface area (Å²) in [5.74, 6) is -0.610. The first-order chi connectivity index (χ1) is 11.4. The van der Waals surface area contributed by atoms with Gasteiger partial charge in [0.2, 0.25) is 11.8 Å². The average molecular weight is 365 g/mol. The first-order valence-corrected chi connectivity index (χ1v) is 8.28. The molecule has 0 aliphatic heterocycles. The monoisotopic (exact) mass is 364 g/mol. The predicted octanol–water partition coefficient (Wildman–Crippen LogP) is 4.55. The van der Waals surface area contributed by atoms with Crippen LogP contribution in [0.2, 0.25) is 10.0 Å². The van der Waals surface area contributed by atoms with E-state index >= 15 is 0 Å². The molecule has 0 atom stereocenters. The summed E-state index contributed by atoms with van der Waals surface area (Å²) in [4.78, 5) is 25.5. The zero-order valence-electron chi connectivity index (χ0n) is 13.5.